The molecule has 1 rings (SSSR count). The lowest BCUT2D eigenvalue weighted by molar-refractivity contribution is 0.0918. The molecular formula is C13H20N2O2. The summed E-state index contributed by atoms with van der Waals surface area (Å²) in [5.41, 5.74) is 0.427. The Balaban J connectivity index is 2.84. The second-order valence-electron chi connectivity index (χ2n) is 5.31. The fourth-order valence-electron chi connectivity index (χ4n) is 1.35. The molecule has 0 aromatic carbocycles. The monoisotopic (exact) mass is 236 g/mol. The Morgan fingerprint density at radius 1 is 1.35 bits per heavy atom. The van der Waals surface area contributed by atoms with Gasteiger partial charge in [-0.05, 0) is 11.3 Å². The molecule has 4 nitrogen and oxygen atoms in total. The molecule has 1 unspecified atom stereocenters. The molecule has 0 fully saturated rings. The summed E-state index contributed by atoms with van der Waals surface area (Å²) in [4.78, 5) is 20.1. The van der Waals surface area contributed by atoms with Crippen LogP contribution in [0.1, 0.15) is 44.6 Å². The molecule has 0 radical (unpaired) electrons. The van der Waals surface area contributed by atoms with Crippen LogP contribution in [0.4, 0.5) is 0 Å². The topological polar surface area (TPSA) is 52.1 Å². The molecule has 1 aromatic rings. The maximum absolute atomic E-state index is 12.1. The van der Waals surface area contributed by atoms with E-state index >= 15 is 0 Å². The molecule has 0 amide bonds. The molecule has 94 valence electrons. The van der Waals surface area contributed by atoms with Gasteiger partial charge in [0.25, 0.3) is 0 Å². The summed E-state index contributed by atoms with van der Waals surface area (Å²) in [6.45, 7) is 8.44. The van der Waals surface area contributed by atoms with Gasteiger partial charge in [-0.1, -0.05) is 27.7 Å². The maximum atomic E-state index is 12.1. The number of aromatic nitrogens is 2. The molecule has 1 atom stereocenters. The Morgan fingerprint density at radius 3 is 2.47 bits per heavy atom. The second-order valence-corrected chi connectivity index (χ2v) is 5.31. The highest BCUT2D eigenvalue weighted by molar-refractivity contribution is 5.96. The Morgan fingerprint density at radius 2 is 1.94 bits per heavy atom. The standard InChI is InChI=1S/C13H20N2O2/c1-9(13(2,3)4)8-10(16)11-12(17-5)15-7-6-14-11/h6-7,9H,8H2,1-5H3. The van der Waals surface area contributed by atoms with E-state index in [0.717, 1.165) is 0 Å². The van der Waals surface area contributed by atoms with E-state index in [1.807, 2.05) is 0 Å². The van der Waals surface area contributed by atoms with E-state index in [0.29, 0.717) is 18.0 Å². The molecule has 17 heavy (non-hydrogen) atoms. The first-order chi connectivity index (χ1) is 7.86. The molecule has 1 heterocycles. The second kappa shape index (κ2) is 5.25. The lowest BCUT2D eigenvalue weighted by Gasteiger charge is -2.26. The number of carbonyl (C=O) groups is 1. The van der Waals surface area contributed by atoms with Gasteiger partial charge in [-0.25, -0.2) is 9.97 Å². The molecule has 0 N–H and O–H groups in total. The van der Waals surface area contributed by atoms with Crippen molar-refractivity contribution in [1.82, 2.24) is 9.97 Å². The first-order valence-corrected chi connectivity index (χ1v) is 5.74. The third-order valence-corrected chi connectivity index (χ3v) is 3.09. The van der Waals surface area contributed by atoms with Crippen LogP contribution in [-0.2, 0) is 0 Å². The lowest BCUT2D eigenvalue weighted by atomic mass is 9.79. The zero-order valence-corrected chi connectivity index (χ0v) is 11.2. The quantitative estimate of drug-likeness (QED) is 0.754. The Labute approximate surface area is 102 Å². The highest BCUT2D eigenvalue weighted by Crippen LogP contribution is 2.29. The number of nitrogens with zero attached hydrogens (tertiary/aromatic N) is 2. The number of carbonyl (C=O) groups excluding carboxylic acids is 1. The summed E-state index contributed by atoms with van der Waals surface area (Å²) in [5, 5.41) is 0. The molecular weight excluding hydrogens is 216 g/mol. The van der Waals surface area contributed by atoms with Crippen molar-refractivity contribution < 1.29 is 9.53 Å². The number of hydrogen-bond acceptors (Lipinski definition) is 4. The van der Waals surface area contributed by atoms with E-state index in [1.165, 1.54) is 19.5 Å². The smallest absolute Gasteiger partial charge is 0.243 e. The van der Waals surface area contributed by atoms with Crippen molar-refractivity contribution in [2.45, 2.75) is 34.1 Å². The van der Waals surface area contributed by atoms with Crippen LogP contribution in [0.5, 0.6) is 5.88 Å². The summed E-state index contributed by atoms with van der Waals surface area (Å²) in [5.74, 6) is 0.567. The van der Waals surface area contributed by atoms with Crippen LogP contribution >= 0.6 is 0 Å². The van der Waals surface area contributed by atoms with E-state index in [1.54, 1.807) is 0 Å². The van der Waals surface area contributed by atoms with Gasteiger partial charge < -0.3 is 4.74 Å². The fourth-order valence-corrected chi connectivity index (χ4v) is 1.35. The SMILES string of the molecule is COc1nccnc1C(=O)CC(C)C(C)(C)C. The van der Waals surface area contributed by atoms with E-state index in [4.69, 9.17) is 4.74 Å². The normalized spacial score (nSPS) is 13.2. The van der Waals surface area contributed by atoms with E-state index in [9.17, 15) is 4.79 Å². The molecule has 0 saturated heterocycles. The maximum Gasteiger partial charge on any atom is 0.243 e. The molecule has 0 aliphatic rings. The molecule has 0 aliphatic carbocycles. The largest absolute Gasteiger partial charge is 0.479 e. The van der Waals surface area contributed by atoms with Crippen LogP contribution in [0, 0.1) is 11.3 Å². The number of rotatable bonds is 4. The van der Waals surface area contributed by atoms with Crippen LogP contribution < -0.4 is 4.74 Å². The Kier molecular flexibility index (Phi) is 4.21. The summed E-state index contributed by atoms with van der Waals surface area (Å²) in [6, 6.07) is 0. The van der Waals surface area contributed by atoms with Gasteiger partial charge in [0, 0.05) is 18.8 Å². The van der Waals surface area contributed by atoms with E-state index in [-0.39, 0.29) is 17.1 Å². The third-order valence-electron chi connectivity index (χ3n) is 3.09. The molecule has 4 heteroatoms. The van der Waals surface area contributed by atoms with Crippen molar-refractivity contribution in [2.24, 2.45) is 11.3 Å². The van der Waals surface area contributed by atoms with Crippen LogP contribution in [0.3, 0.4) is 0 Å². The van der Waals surface area contributed by atoms with Gasteiger partial charge in [-0.3, -0.25) is 4.79 Å². The number of methoxy groups -OCH3 is 1. The van der Waals surface area contributed by atoms with Gasteiger partial charge in [0.1, 0.15) is 0 Å². The van der Waals surface area contributed by atoms with Crippen LogP contribution in [0.15, 0.2) is 12.4 Å². The Bertz CT molecular complexity index is 397. The minimum Gasteiger partial charge on any atom is -0.479 e. The minimum atomic E-state index is -0.0163. The van der Waals surface area contributed by atoms with E-state index < -0.39 is 0 Å². The highest BCUT2D eigenvalue weighted by Gasteiger charge is 2.25. The van der Waals surface area contributed by atoms with Gasteiger partial charge in [-0.2, -0.15) is 0 Å². The van der Waals surface area contributed by atoms with Crippen molar-refractivity contribution >= 4 is 5.78 Å². The van der Waals surface area contributed by atoms with Crippen molar-refractivity contribution in [2.75, 3.05) is 7.11 Å². The Hall–Kier alpha value is -1.45. The van der Waals surface area contributed by atoms with Gasteiger partial charge in [0.15, 0.2) is 11.5 Å². The van der Waals surface area contributed by atoms with Gasteiger partial charge in [-0.15, -0.1) is 0 Å². The zero-order chi connectivity index (χ0) is 13.1. The number of ketones is 1. The first kappa shape index (κ1) is 13.6. The molecule has 0 saturated carbocycles. The van der Waals surface area contributed by atoms with Crippen molar-refractivity contribution in [3.63, 3.8) is 0 Å². The van der Waals surface area contributed by atoms with Crippen LogP contribution in [0.2, 0.25) is 0 Å². The number of Topliss-reactive ketones (excluding diaryl/α,β-unsaturated/α-hetero) is 1. The highest BCUT2D eigenvalue weighted by atomic mass is 16.5. The summed E-state index contributed by atoms with van der Waals surface area (Å²) in [7, 11) is 1.49. The summed E-state index contributed by atoms with van der Waals surface area (Å²) >= 11 is 0. The average molecular weight is 236 g/mol. The summed E-state index contributed by atoms with van der Waals surface area (Å²) < 4.78 is 5.04. The van der Waals surface area contributed by atoms with Gasteiger partial charge >= 0.3 is 0 Å². The predicted molar refractivity (Wildman–Crippen MR) is 66.2 cm³/mol. The fraction of sp³-hybridized carbons (Fsp3) is 0.615. The summed E-state index contributed by atoms with van der Waals surface area (Å²) in [6.07, 6.45) is 3.48. The first-order valence-electron chi connectivity index (χ1n) is 5.74. The van der Waals surface area contributed by atoms with Crippen molar-refractivity contribution in [1.29, 1.82) is 0 Å². The van der Waals surface area contributed by atoms with Crippen molar-refractivity contribution in [3.05, 3.63) is 18.1 Å². The van der Waals surface area contributed by atoms with E-state index in [2.05, 4.69) is 37.7 Å². The van der Waals surface area contributed by atoms with Crippen LogP contribution in [0.25, 0.3) is 0 Å². The van der Waals surface area contributed by atoms with Crippen LogP contribution in [-0.4, -0.2) is 22.9 Å². The third kappa shape index (κ3) is 3.51. The zero-order valence-electron chi connectivity index (χ0n) is 11.2. The number of hydrogen-bond donors (Lipinski definition) is 0. The molecule has 0 spiro atoms. The van der Waals surface area contributed by atoms with Crippen molar-refractivity contribution in [3.8, 4) is 5.88 Å². The molecule has 0 aliphatic heterocycles. The molecule has 0 bridgehead atoms. The minimum absolute atomic E-state index is 0.0163. The average Bonchev–Trinajstić information content (AvgIpc) is 2.27. The molecule has 1 aromatic heterocycles. The van der Waals surface area contributed by atoms with Gasteiger partial charge in [0.2, 0.25) is 5.88 Å². The van der Waals surface area contributed by atoms with Gasteiger partial charge in [0.05, 0.1) is 7.11 Å². The predicted octanol–water partition coefficient (Wildman–Crippen LogP) is 2.74. The lowest BCUT2D eigenvalue weighted by Crippen LogP contribution is -2.21. The number of ether oxygens (including phenoxy) is 1.